The Kier molecular flexibility index (Phi) is 6.42. The topological polar surface area (TPSA) is 85.8 Å². The fourth-order valence-corrected chi connectivity index (χ4v) is 3.00. The number of carbonyl (C=O) groups excluding carboxylic acids is 1. The van der Waals surface area contributed by atoms with Crippen molar-refractivity contribution in [2.75, 3.05) is 0 Å². The third-order valence-corrected chi connectivity index (χ3v) is 4.34. The highest BCUT2D eigenvalue weighted by atomic mass is 35.5. The van der Waals surface area contributed by atoms with Crippen molar-refractivity contribution in [2.24, 2.45) is 5.73 Å². The molecule has 1 heterocycles. The Hall–Kier alpha value is -2.20. The number of benzene rings is 1. The summed E-state index contributed by atoms with van der Waals surface area (Å²) in [7, 11) is 0. The smallest absolute Gasteiger partial charge is 0.348 e. The summed E-state index contributed by atoms with van der Waals surface area (Å²) < 4.78 is 54.8. The Morgan fingerprint density at radius 1 is 1.19 bits per heavy atom. The number of carbonyl (C=O) groups is 1. The van der Waals surface area contributed by atoms with E-state index in [0.717, 1.165) is 12.1 Å². The van der Waals surface area contributed by atoms with E-state index in [4.69, 9.17) is 5.73 Å². The van der Waals surface area contributed by atoms with E-state index in [2.05, 4.69) is 15.6 Å². The minimum Gasteiger partial charge on any atom is -0.348 e. The van der Waals surface area contributed by atoms with Crippen LogP contribution in [0.2, 0.25) is 0 Å². The van der Waals surface area contributed by atoms with E-state index in [-0.39, 0.29) is 24.5 Å². The van der Waals surface area contributed by atoms with Gasteiger partial charge in [-0.3, -0.25) is 4.79 Å². The summed E-state index contributed by atoms with van der Waals surface area (Å²) in [6.07, 6.45) is -2.42. The predicted molar refractivity (Wildman–Crippen MR) is 91.3 cm³/mol. The number of halogens is 5. The molecule has 0 unspecified atom stereocenters. The first-order chi connectivity index (χ1) is 12.3. The quantitative estimate of drug-likeness (QED) is 0.766. The van der Waals surface area contributed by atoms with Crippen LogP contribution in [0.4, 0.5) is 17.6 Å². The number of nitrogens with two attached hydrogens (primary N) is 1. The van der Waals surface area contributed by atoms with Crippen molar-refractivity contribution in [1.82, 2.24) is 20.3 Å². The molecular weight excluding hydrogens is 390 g/mol. The Bertz CT molecular complexity index is 802. The van der Waals surface area contributed by atoms with E-state index in [1.807, 2.05) is 0 Å². The lowest BCUT2D eigenvalue weighted by Crippen LogP contribution is -2.41. The number of hydrogen-bond acceptors (Lipinski definition) is 4. The SMILES string of the molecule is Cl.NC1CCC(NC(=O)c2nnn(-c3ccccc3F)c2C(F)(F)F)CC1. The average Bonchev–Trinajstić information content (AvgIpc) is 3.02. The van der Waals surface area contributed by atoms with Gasteiger partial charge in [-0.25, -0.2) is 9.07 Å². The van der Waals surface area contributed by atoms with Gasteiger partial charge in [0.1, 0.15) is 11.5 Å². The van der Waals surface area contributed by atoms with Gasteiger partial charge in [0.15, 0.2) is 11.4 Å². The first-order valence-corrected chi connectivity index (χ1v) is 8.11. The standard InChI is InChI=1S/C16H17F4N5O.ClH/c17-11-3-1-2-4-12(11)25-14(16(18,19)20)13(23-24-25)15(26)22-10-7-5-9(21)6-8-10;/h1-4,9-10H,5-8,21H2,(H,22,26);1H. The number of aromatic nitrogens is 3. The number of rotatable bonds is 3. The number of alkyl halides is 3. The first-order valence-electron chi connectivity index (χ1n) is 8.11. The lowest BCUT2D eigenvalue weighted by atomic mass is 9.92. The van der Waals surface area contributed by atoms with Gasteiger partial charge in [0, 0.05) is 12.1 Å². The monoisotopic (exact) mass is 407 g/mol. The van der Waals surface area contributed by atoms with Gasteiger partial charge in [-0.05, 0) is 37.8 Å². The molecule has 1 fully saturated rings. The van der Waals surface area contributed by atoms with Crippen LogP contribution >= 0.6 is 12.4 Å². The zero-order valence-corrected chi connectivity index (χ0v) is 14.9. The maximum Gasteiger partial charge on any atom is 0.435 e. The highest BCUT2D eigenvalue weighted by Crippen LogP contribution is 2.33. The van der Waals surface area contributed by atoms with Gasteiger partial charge in [-0.15, -0.1) is 17.5 Å². The third kappa shape index (κ3) is 4.56. The fraction of sp³-hybridized carbons (Fsp3) is 0.438. The van der Waals surface area contributed by atoms with E-state index < -0.39 is 35.0 Å². The highest BCUT2D eigenvalue weighted by Gasteiger charge is 2.42. The summed E-state index contributed by atoms with van der Waals surface area (Å²) in [6.45, 7) is 0. The molecule has 2 aromatic rings. The van der Waals surface area contributed by atoms with Crippen molar-refractivity contribution in [3.8, 4) is 5.69 Å². The first kappa shape index (κ1) is 21.1. The van der Waals surface area contributed by atoms with Crippen molar-refractivity contribution in [3.63, 3.8) is 0 Å². The third-order valence-electron chi connectivity index (χ3n) is 4.34. The molecule has 1 aliphatic rings. The van der Waals surface area contributed by atoms with E-state index in [0.29, 0.717) is 30.4 Å². The molecule has 0 bridgehead atoms. The molecule has 27 heavy (non-hydrogen) atoms. The average molecular weight is 408 g/mol. The summed E-state index contributed by atoms with van der Waals surface area (Å²) in [5.74, 6) is -1.89. The van der Waals surface area contributed by atoms with Crippen LogP contribution in [0.25, 0.3) is 5.69 Å². The van der Waals surface area contributed by atoms with Crippen molar-refractivity contribution in [2.45, 2.75) is 43.9 Å². The van der Waals surface area contributed by atoms with Gasteiger partial charge in [0.05, 0.1) is 0 Å². The highest BCUT2D eigenvalue weighted by molar-refractivity contribution is 5.93. The van der Waals surface area contributed by atoms with Crippen LogP contribution in [0.5, 0.6) is 0 Å². The van der Waals surface area contributed by atoms with E-state index >= 15 is 0 Å². The van der Waals surface area contributed by atoms with Gasteiger partial charge >= 0.3 is 6.18 Å². The minimum atomic E-state index is -4.94. The Balaban J connectivity index is 0.00000261. The van der Waals surface area contributed by atoms with Crippen LogP contribution < -0.4 is 11.1 Å². The summed E-state index contributed by atoms with van der Waals surface area (Å²) in [5.41, 5.74) is 3.06. The summed E-state index contributed by atoms with van der Waals surface area (Å²) in [4.78, 5) is 12.3. The van der Waals surface area contributed by atoms with Crippen molar-refractivity contribution in [3.05, 3.63) is 41.5 Å². The molecule has 1 amide bonds. The van der Waals surface area contributed by atoms with Gasteiger partial charge < -0.3 is 11.1 Å². The summed E-state index contributed by atoms with van der Waals surface area (Å²) in [5, 5.41) is 9.28. The number of para-hydroxylation sites is 1. The molecule has 0 spiro atoms. The lowest BCUT2D eigenvalue weighted by molar-refractivity contribution is -0.143. The summed E-state index contributed by atoms with van der Waals surface area (Å²) >= 11 is 0. The van der Waals surface area contributed by atoms with E-state index in [9.17, 15) is 22.4 Å². The number of nitrogens with zero attached hydrogens (tertiary/aromatic N) is 3. The molecule has 1 saturated carbocycles. The fourth-order valence-electron chi connectivity index (χ4n) is 3.00. The normalized spacial score (nSPS) is 20.0. The van der Waals surface area contributed by atoms with Gasteiger partial charge in [-0.1, -0.05) is 17.3 Å². The second-order valence-electron chi connectivity index (χ2n) is 6.23. The van der Waals surface area contributed by atoms with Crippen molar-refractivity contribution < 1.29 is 22.4 Å². The molecule has 1 aliphatic carbocycles. The molecule has 0 atom stereocenters. The second kappa shape index (κ2) is 8.22. The van der Waals surface area contributed by atoms with Crippen LogP contribution in [0.1, 0.15) is 41.9 Å². The maximum atomic E-state index is 13.9. The van der Waals surface area contributed by atoms with Gasteiger partial charge in [0.2, 0.25) is 0 Å². The molecule has 11 heteroatoms. The Labute approximate surface area is 158 Å². The van der Waals surface area contributed by atoms with Crippen LogP contribution in [-0.4, -0.2) is 33.0 Å². The van der Waals surface area contributed by atoms with Crippen LogP contribution in [0.3, 0.4) is 0 Å². The van der Waals surface area contributed by atoms with Crippen LogP contribution in [-0.2, 0) is 6.18 Å². The molecule has 3 N–H and O–H groups in total. The Morgan fingerprint density at radius 2 is 1.81 bits per heavy atom. The molecule has 0 saturated heterocycles. The molecule has 148 valence electrons. The van der Waals surface area contributed by atoms with Crippen LogP contribution in [0.15, 0.2) is 24.3 Å². The summed E-state index contributed by atoms with van der Waals surface area (Å²) in [6, 6.07) is 4.60. The molecule has 3 rings (SSSR count). The molecule has 6 nitrogen and oxygen atoms in total. The van der Waals surface area contributed by atoms with E-state index in [1.54, 1.807) is 0 Å². The Morgan fingerprint density at radius 3 is 2.41 bits per heavy atom. The van der Waals surface area contributed by atoms with Gasteiger partial charge in [-0.2, -0.15) is 13.2 Å². The number of hydrogen-bond donors (Lipinski definition) is 2. The number of nitrogens with one attached hydrogen (secondary N) is 1. The number of amides is 1. The van der Waals surface area contributed by atoms with Gasteiger partial charge in [0.25, 0.3) is 5.91 Å². The minimum absolute atomic E-state index is 0. The second-order valence-corrected chi connectivity index (χ2v) is 6.23. The van der Waals surface area contributed by atoms with Crippen molar-refractivity contribution >= 4 is 18.3 Å². The van der Waals surface area contributed by atoms with Crippen molar-refractivity contribution in [1.29, 1.82) is 0 Å². The lowest BCUT2D eigenvalue weighted by Gasteiger charge is -2.26. The molecular formula is C16H18ClF4N5O. The maximum absolute atomic E-state index is 13.9. The molecule has 1 aromatic heterocycles. The molecule has 1 aromatic carbocycles. The van der Waals surface area contributed by atoms with E-state index in [1.165, 1.54) is 12.1 Å². The zero-order chi connectivity index (χ0) is 18.9. The molecule has 0 aliphatic heterocycles. The largest absolute Gasteiger partial charge is 0.435 e. The zero-order valence-electron chi connectivity index (χ0n) is 14.0. The molecule has 0 radical (unpaired) electrons. The van der Waals surface area contributed by atoms with Crippen LogP contribution in [0, 0.1) is 5.82 Å². The predicted octanol–water partition coefficient (Wildman–Crippen LogP) is 2.85.